The molecule has 1 aliphatic carbocycles. The summed E-state index contributed by atoms with van der Waals surface area (Å²) < 4.78 is 0. The molecule has 0 spiro atoms. The molecule has 1 heteroatoms. The number of hydrogen-bond acceptors (Lipinski definition) is 1. The Balaban J connectivity index is 2.07. The highest BCUT2D eigenvalue weighted by atomic mass is 14.5. The minimum Gasteiger partial charge on any atom is -0.304 e. The first-order chi connectivity index (χ1) is 6.88. The van der Waals surface area contributed by atoms with E-state index in [1.807, 2.05) is 18.2 Å². The second-order valence-electron chi connectivity index (χ2n) is 4.11. The summed E-state index contributed by atoms with van der Waals surface area (Å²) >= 11 is 0. The van der Waals surface area contributed by atoms with Gasteiger partial charge in [0, 0.05) is 11.6 Å². The molecular weight excluding hydrogens is 170 g/mol. The highest BCUT2D eigenvalue weighted by molar-refractivity contribution is 5.99. The van der Waals surface area contributed by atoms with Crippen molar-refractivity contribution in [2.24, 2.45) is 5.92 Å². The zero-order valence-corrected chi connectivity index (χ0v) is 8.50. The number of rotatable bonds is 2. The quantitative estimate of drug-likeness (QED) is 0.683. The van der Waals surface area contributed by atoms with Gasteiger partial charge in [0.15, 0.2) is 0 Å². The lowest BCUT2D eigenvalue weighted by molar-refractivity contribution is 0.438. The maximum absolute atomic E-state index is 8.12. The van der Waals surface area contributed by atoms with E-state index < -0.39 is 0 Å². The molecule has 0 bridgehead atoms. The summed E-state index contributed by atoms with van der Waals surface area (Å²) in [6.45, 7) is 0. The van der Waals surface area contributed by atoms with Crippen LogP contribution < -0.4 is 0 Å². The molecule has 74 valence electrons. The summed E-state index contributed by atoms with van der Waals surface area (Å²) in [6, 6.07) is 10.2. The fourth-order valence-electron chi connectivity index (χ4n) is 2.24. The molecular formula is C13H17N. The van der Waals surface area contributed by atoms with Gasteiger partial charge in [-0.25, -0.2) is 0 Å². The van der Waals surface area contributed by atoms with Crippen LogP contribution in [0.1, 0.15) is 37.7 Å². The van der Waals surface area contributed by atoms with Gasteiger partial charge in [0.2, 0.25) is 0 Å². The van der Waals surface area contributed by atoms with Gasteiger partial charge >= 0.3 is 0 Å². The van der Waals surface area contributed by atoms with Crippen LogP contribution in [0.2, 0.25) is 0 Å². The second kappa shape index (κ2) is 4.41. The molecule has 14 heavy (non-hydrogen) atoms. The highest BCUT2D eigenvalue weighted by Gasteiger charge is 2.18. The molecule has 0 atom stereocenters. The lowest BCUT2D eigenvalue weighted by Gasteiger charge is -2.22. The molecule has 0 unspecified atom stereocenters. The fourth-order valence-corrected chi connectivity index (χ4v) is 2.24. The van der Waals surface area contributed by atoms with Crippen LogP contribution in [0.15, 0.2) is 30.3 Å². The van der Waals surface area contributed by atoms with Gasteiger partial charge in [-0.1, -0.05) is 49.6 Å². The van der Waals surface area contributed by atoms with Crippen LogP contribution in [-0.2, 0) is 0 Å². The molecule has 2 rings (SSSR count). The average molecular weight is 187 g/mol. The molecule has 1 nitrogen and oxygen atoms in total. The van der Waals surface area contributed by atoms with Crippen LogP contribution in [0.4, 0.5) is 0 Å². The van der Waals surface area contributed by atoms with Gasteiger partial charge in [0.25, 0.3) is 0 Å². The standard InChI is InChI=1S/C13H17N/c14-13(11-7-3-1-4-8-11)12-9-5-2-6-10-12/h1,3-4,7-8,12,14H,2,5-6,9-10H2. The number of nitrogens with one attached hydrogen (secondary N) is 1. The molecule has 1 saturated carbocycles. The smallest absolute Gasteiger partial charge is 0.0417 e. The molecule has 1 aliphatic rings. The summed E-state index contributed by atoms with van der Waals surface area (Å²) in [7, 11) is 0. The van der Waals surface area contributed by atoms with Crippen molar-refractivity contribution < 1.29 is 0 Å². The average Bonchev–Trinajstić information content (AvgIpc) is 2.30. The van der Waals surface area contributed by atoms with Gasteiger partial charge < -0.3 is 5.41 Å². The second-order valence-corrected chi connectivity index (χ2v) is 4.11. The van der Waals surface area contributed by atoms with E-state index in [9.17, 15) is 0 Å². The van der Waals surface area contributed by atoms with Crippen molar-refractivity contribution in [3.63, 3.8) is 0 Å². The van der Waals surface area contributed by atoms with Gasteiger partial charge in [0.05, 0.1) is 0 Å². The van der Waals surface area contributed by atoms with Crippen molar-refractivity contribution in [3.8, 4) is 0 Å². The Labute approximate surface area is 85.7 Å². The van der Waals surface area contributed by atoms with Crippen molar-refractivity contribution >= 4 is 5.71 Å². The maximum atomic E-state index is 8.12. The third-order valence-electron chi connectivity index (χ3n) is 3.10. The first kappa shape index (κ1) is 9.45. The van der Waals surface area contributed by atoms with Gasteiger partial charge in [0.1, 0.15) is 0 Å². The normalized spacial score (nSPS) is 18.0. The van der Waals surface area contributed by atoms with Crippen molar-refractivity contribution in [1.29, 1.82) is 5.41 Å². The fraction of sp³-hybridized carbons (Fsp3) is 0.462. The Morgan fingerprint density at radius 1 is 1.00 bits per heavy atom. The van der Waals surface area contributed by atoms with E-state index in [0.717, 1.165) is 11.3 Å². The lowest BCUT2D eigenvalue weighted by Crippen LogP contribution is -2.17. The Bertz CT molecular complexity index is 296. The zero-order valence-electron chi connectivity index (χ0n) is 8.50. The molecule has 1 aromatic carbocycles. The van der Waals surface area contributed by atoms with Crippen LogP contribution in [0.5, 0.6) is 0 Å². The summed E-state index contributed by atoms with van der Waals surface area (Å²) in [5, 5.41) is 8.12. The van der Waals surface area contributed by atoms with Gasteiger partial charge in [-0.15, -0.1) is 0 Å². The van der Waals surface area contributed by atoms with E-state index in [-0.39, 0.29) is 0 Å². The highest BCUT2D eigenvalue weighted by Crippen LogP contribution is 2.26. The Morgan fingerprint density at radius 2 is 1.64 bits per heavy atom. The predicted octanol–water partition coefficient (Wildman–Crippen LogP) is 3.63. The molecule has 1 fully saturated rings. The Kier molecular flexibility index (Phi) is 2.97. The lowest BCUT2D eigenvalue weighted by atomic mass is 9.83. The van der Waals surface area contributed by atoms with E-state index in [4.69, 9.17) is 5.41 Å². The summed E-state index contributed by atoms with van der Waals surface area (Å²) in [5.74, 6) is 0.520. The number of benzene rings is 1. The van der Waals surface area contributed by atoms with Crippen molar-refractivity contribution in [2.75, 3.05) is 0 Å². The largest absolute Gasteiger partial charge is 0.304 e. The molecule has 0 aliphatic heterocycles. The molecule has 0 amide bonds. The minimum absolute atomic E-state index is 0.520. The van der Waals surface area contributed by atoms with E-state index in [1.165, 1.54) is 32.1 Å². The summed E-state index contributed by atoms with van der Waals surface area (Å²) in [4.78, 5) is 0. The van der Waals surface area contributed by atoms with Gasteiger partial charge in [-0.05, 0) is 18.4 Å². The van der Waals surface area contributed by atoms with Crippen LogP contribution in [-0.4, -0.2) is 5.71 Å². The van der Waals surface area contributed by atoms with Gasteiger partial charge in [-0.2, -0.15) is 0 Å². The van der Waals surface area contributed by atoms with E-state index in [0.29, 0.717) is 5.92 Å². The van der Waals surface area contributed by atoms with Crippen molar-refractivity contribution in [1.82, 2.24) is 0 Å². The zero-order chi connectivity index (χ0) is 9.80. The third-order valence-corrected chi connectivity index (χ3v) is 3.10. The predicted molar refractivity (Wildman–Crippen MR) is 59.8 cm³/mol. The van der Waals surface area contributed by atoms with E-state index >= 15 is 0 Å². The van der Waals surface area contributed by atoms with Crippen LogP contribution in [0.25, 0.3) is 0 Å². The third kappa shape index (κ3) is 2.03. The van der Waals surface area contributed by atoms with Crippen molar-refractivity contribution in [2.45, 2.75) is 32.1 Å². The van der Waals surface area contributed by atoms with Crippen LogP contribution >= 0.6 is 0 Å². The first-order valence-corrected chi connectivity index (χ1v) is 5.52. The first-order valence-electron chi connectivity index (χ1n) is 5.52. The minimum atomic E-state index is 0.520. The molecule has 0 saturated heterocycles. The summed E-state index contributed by atoms with van der Waals surface area (Å²) in [5.41, 5.74) is 1.96. The molecule has 0 heterocycles. The summed E-state index contributed by atoms with van der Waals surface area (Å²) in [6.07, 6.45) is 6.40. The molecule has 1 N–H and O–H groups in total. The van der Waals surface area contributed by atoms with Crippen molar-refractivity contribution in [3.05, 3.63) is 35.9 Å². The number of hydrogen-bond donors (Lipinski definition) is 1. The van der Waals surface area contributed by atoms with E-state index in [2.05, 4.69) is 12.1 Å². The monoisotopic (exact) mass is 187 g/mol. The van der Waals surface area contributed by atoms with Crippen LogP contribution in [0.3, 0.4) is 0 Å². The Hall–Kier alpha value is -1.11. The van der Waals surface area contributed by atoms with E-state index in [1.54, 1.807) is 0 Å². The van der Waals surface area contributed by atoms with Gasteiger partial charge in [-0.3, -0.25) is 0 Å². The molecule has 0 radical (unpaired) electrons. The maximum Gasteiger partial charge on any atom is 0.0417 e. The SMILES string of the molecule is N=C(c1ccccc1)C1CCCCC1. The molecule has 1 aromatic rings. The topological polar surface area (TPSA) is 23.9 Å². The Morgan fingerprint density at radius 3 is 2.29 bits per heavy atom. The molecule has 0 aromatic heterocycles. The van der Waals surface area contributed by atoms with Crippen LogP contribution in [0, 0.1) is 11.3 Å².